The first-order valence-corrected chi connectivity index (χ1v) is 9.64. The Morgan fingerprint density at radius 1 is 1.10 bits per heavy atom. The highest BCUT2D eigenvalue weighted by Crippen LogP contribution is 2.27. The normalized spacial score (nSPS) is 12.5. The predicted octanol–water partition coefficient (Wildman–Crippen LogP) is 3.13. The van der Waals surface area contributed by atoms with Crippen molar-refractivity contribution in [3.63, 3.8) is 0 Å². The molecule has 0 fully saturated rings. The first-order chi connectivity index (χ1) is 14.6. The van der Waals surface area contributed by atoms with Crippen LogP contribution in [0.4, 0.5) is 5.69 Å². The van der Waals surface area contributed by atoms with Crippen molar-refractivity contribution in [1.29, 1.82) is 0 Å². The van der Waals surface area contributed by atoms with Crippen LogP contribution in [0, 0.1) is 24.0 Å². The van der Waals surface area contributed by atoms with Gasteiger partial charge in [0.25, 0.3) is 11.6 Å². The second-order valence-electron chi connectivity index (χ2n) is 7.13. The standard InChI is InChI=1S/C22H24N2O7/c1-4-31-19(25)12-18(15-5-7-17(8-6-15)24(29)30)20(22(27)28)23-21(26)16-10-13(2)9-14(3)11-16/h5-11,18,20H,4,12H2,1-3H3,(H,23,26)(H,27,28)/t18-,20+/m1/s1. The summed E-state index contributed by atoms with van der Waals surface area (Å²) in [7, 11) is 0. The van der Waals surface area contributed by atoms with E-state index < -0.39 is 34.7 Å². The number of benzene rings is 2. The maximum absolute atomic E-state index is 12.8. The van der Waals surface area contributed by atoms with Gasteiger partial charge in [-0.1, -0.05) is 29.3 Å². The maximum atomic E-state index is 12.8. The largest absolute Gasteiger partial charge is 0.480 e. The number of carbonyl (C=O) groups excluding carboxylic acids is 2. The fourth-order valence-corrected chi connectivity index (χ4v) is 3.34. The fourth-order valence-electron chi connectivity index (χ4n) is 3.34. The van der Waals surface area contributed by atoms with E-state index in [4.69, 9.17) is 4.74 Å². The van der Waals surface area contributed by atoms with E-state index in [-0.39, 0.29) is 18.7 Å². The third-order valence-corrected chi connectivity index (χ3v) is 4.66. The van der Waals surface area contributed by atoms with E-state index in [0.29, 0.717) is 11.1 Å². The maximum Gasteiger partial charge on any atom is 0.326 e. The van der Waals surface area contributed by atoms with Crippen molar-refractivity contribution in [2.24, 2.45) is 0 Å². The van der Waals surface area contributed by atoms with Gasteiger partial charge in [-0.25, -0.2) is 4.79 Å². The molecule has 0 radical (unpaired) electrons. The zero-order valence-corrected chi connectivity index (χ0v) is 17.5. The Morgan fingerprint density at radius 3 is 2.16 bits per heavy atom. The molecular weight excluding hydrogens is 404 g/mol. The third kappa shape index (κ3) is 6.36. The van der Waals surface area contributed by atoms with Crippen molar-refractivity contribution in [2.75, 3.05) is 6.61 Å². The molecule has 0 aliphatic carbocycles. The summed E-state index contributed by atoms with van der Waals surface area (Å²) in [6, 6.07) is 8.88. The molecule has 0 spiro atoms. The van der Waals surface area contributed by atoms with Gasteiger partial charge in [-0.3, -0.25) is 19.7 Å². The van der Waals surface area contributed by atoms with E-state index in [1.165, 1.54) is 24.3 Å². The van der Waals surface area contributed by atoms with E-state index in [1.807, 2.05) is 19.9 Å². The first kappa shape index (κ1) is 23.5. The van der Waals surface area contributed by atoms with Crippen LogP contribution in [0.3, 0.4) is 0 Å². The molecule has 0 aromatic heterocycles. The number of non-ortho nitro benzene ring substituents is 1. The summed E-state index contributed by atoms with van der Waals surface area (Å²) in [5.74, 6) is -3.58. The van der Waals surface area contributed by atoms with Crippen molar-refractivity contribution in [1.82, 2.24) is 5.32 Å². The van der Waals surface area contributed by atoms with Crippen molar-refractivity contribution in [2.45, 2.75) is 39.2 Å². The molecule has 2 N–H and O–H groups in total. The number of nitro benzene ring substituents is 1. The number of nitrogens with zero attached hydrogens (tertiary/aromatic N) is 1. The van der Waals surface area contributed by atoms with Crippen LogP contribution >= 0.6 is 0 Å². The van der Waals surface area contributed by atoms with E-state index in [0.717, 1.165) is 11.1 Å². The van der Waals surface area contributed by atoms with Crippen LogP contribution in [0.25, 0.3) is 0 Å². The summed E-state index contributed by atoms with van der Waals surface area (Å²) in [6.07, 6.45) is -0.324. The van der Waals surface area contributed by atoms with E-state index in [9.17, 15) is 29.6 Å². The molecule has 0 saturated heterocycles. The summed E-state index contributed by atoms with van der Waals surface area (Å²) in [5.41, 5.74) is 2.16. The molecule has 0 saturated carbocycles. The quantitative estimate of drug-likeness (QED) is 0.356. The molecule has 164 valence electrons. The molecule has 1 amide bonds. The van der Waals surface area contributed by atoms with Gasteiger partial charge in [0.15, 0.2) is 0 Å². The molecule has 0 heterocycles. The summed E-state index contributed by atoms with van der Waals surface area (Å²) < 4.78 is 4.95. The van der Waals surface area contributed by atoms with Crippen LogP contribution in [0.5, 0.6) is 0 Å². The number of esters is 1. The molecule has 2 aromatic carbocycles. The Bertz CT molecular complexity index is 966. The molecule has 2 atom stereocenters. The minimum Gasteiger partial charge on any atom is -0.480 e. The second kappa shape index (κ2) is 10.3. The van der Waals surface area contributed by atoms with Crippen molar-refractivity contribution < 1.29 is 29.2 Å². The van der Waals surface area contributed by atoms with Crippen LogP contribution in [-0.4, -0.2) is 40.5 Å². The van der Waals surface area contributed by atoms with Gasteiger partial charge in [0.05, 0.1) is 18.0 Å². The number of ether oxygens (including phenoxy) is 1. The van der Waals surface area contributed by atoms with Crippen LogP contribution in [0.1, 0.15) is 46.3 Å². The van der Waals surface area contributed by atoms with Crippen molar-refractivity contribution in [3.8, 4) is 0 Å². The molecular formula is C22H24N2O7. The summed E-state index contributed by atoms with van der Waals surface area (Å²) in [5, 5.41) is 23.2. The number of rotatable bonds is 9. The van der Waals surface area contributed by atoms with Gasteiger partial charge in [0, 0.05) is 23.6 Å². The Hall–Kier alpha value is -3.75. The van der Waals surface area contributed by atoms with Crippen molar-refractivity contribution in [3.05, 3.63) is 74.8 Å². The van der Waals surface area contributed by atoms with Gasteiger partial charge in [0.2, 0.25) is 0 Å². The van der Waals surface area contributed by atoms with E-state index >= 15 is 0 Å². The third-order valence-electron chi connectivity index (χ3n) is 4.66. The lowest BCUT2D eigenvalue weighted by atomic mass is 9.88. The SMILES string of the molecule is CCOC(=O)C[C@H](c1ccc([N+](=O)[O-])cc1)[C@H](NC(=O)c1cc(C)cc(C)c1)C(=O)O. The highest BCUT2D eigenvalue weighted by atomic mass is 16.6. The molecule has 0 aliphatic rings. The van der Waals surface area contributed by atoms with Crippen LogP contribution in [0.2, 0.25) is 0 Å². The Morgan fingerprint density at radius 2 is 1.68 bits per heavy atom. The van der Waals surface area contributed by atoms with Crippen LogP contribution in [-0.2, 0) is 14.3 Å². The van der Waals surface area contributed by atoms with Crippen molar-refractivity contribution >= 4 is 23.5 Å². The van der Waals surface area contributed by atoms with Gasteiger partial charge in [-0.2, -0.15) is 0 Å². The van der Waals surface area contributed by atoms with E-state index in [1.54, 1.807) is 19.1 Å². The van der Waals surface area contributed by atoms with Crippen LogP contribution < -0.4 is 5.32 Å². The lowest BCUT2D eigenvalue weighted by Gasteiger charge is -2.25. The number of nitrogens with one attached hydrogen (secondary N) is 1. The summed E-state index contributed by atoms with van der Waals surface area (Å²) >= 11 is 0. The monoisotopic (exact) mass is 428 g/mol. The van der Waals surface area contributed by atoms with Crippen LogP contribution in [0.15, 0.2) is 42.5 Å². The van der Waals surface area contributed by atoms with E-state index in [2.05, 4.69) is 5.32 Å². The minimum atomic E-state index is -1.46. The van der Waals surface area contributed by atoms with Gasteiger partial charge in [0.1, 0.15) is 6.04 Å². The Balaban J connectivity index is 2.40. The number of aliphatic carboxylic acids is 1. The van der Waals surface area contributed by atoms with Gasteiger partial charge in [-0.05, 0) is 38.5 Å². The minimum absolute atomic E-state index is 0.110. The zero-order valence-electron chi connectivity index (χ0n) is 17.5. The van der Waals surface area contributed by atoms with Gasteiger partial charge in [-0.15, -0.1) is 0 Å². The second-order valence-corrected chi connectivity index (χ2v) is 7.13. The number of hydrogen-bond donors (Lipinski definition) is 2. The number of carboxylic acid groups (broad SMARTS) is 1. The number of carboxylic acids is 1. The molecule has 0 aliphatic heterocycles. The number of nitro groups is 1. The number of hydrogen-bond acceptors (Lipinski definition) is 6. The first-order valence-electron chi connectivity index (χ1n) is 9.64. The summed E-state index contributed by atoms with van der Waals surface area (Å²) in [6.45, 7) is 5.37. The fraction of sp³-hybridized carbons (Fsp3) is 0.318. The number of carbonyl (C=O) groups is 3. The average Bonchev–Trinajstić information content (AvgIpc) is 2.69. The van der Waals surface area contributed by atoms with Gasteiger partial charge >= 0.3 is 11.9 Å². The highest BCUT2D eigenvalue weighted by molar-refractivity contribution is 5.97. The highest BCUT2D eigenvalue weighted by Gasteiger charge is 2.33. The molecule has 2 rings (SSSR count). The zero-order chi connectivity index (χ0) is 23.1. The molecule has 0 bridgehead atoms. The molecule has 31 heavy (non-hydrogen) atoms. The lowest BCUT2D eigenvalue weighted by Crippen LogP contribution is -2.45. The smallest absolute Gasteiger partial charge is 0.326 e. The lowest BCUT2D eigenvalue weighted by molar-refractivity contribution is -0.384. The molecule has 2 aromatic rings. The molecule has 9 nitrogen and oxygen atoms in total. The Kier molecular flexibility index (Phi) is 7.84. The summed E-state index contributed by atoms with van der Waals surface area (Å²) in [4.78, 5) is 47.3. The number of amides is 1. The topological polar surface area (TPSA) is 136 Å². The molecule has 9 heteroatoms. The van der Waals surface area contributed by atoms with Gasteiger partial charge < -0.3 is 15.2 Å². The molecule has 0 unspecified atom stereocenters. The Labute approximate surface area is 179 Å². The average molecular weight is 428 g/mol. The number of aryl methyl sites for hydroxylation is 2. The predicted molar refractivity (Wildman–Crippen MR) is 112 cm³/mol.